The number of H-pyrrole nitrogens is 1. The molecule has 0 amide bonds. The number of nitrogens with one attached hydrogen (secondary N) is 1. The molecule has 0 aliphatic heterocycles. The smallest absolute Gasteiger partial charge is 0.146 e. The summed E-state index contributed by atoms with van der Waals surface area (Å²) in [6, 6.07) is 9.46. The molecule has 2 heterocycles. The fourth-order valence-electron chi connectivity index (χ4n) is 2.35. The number of pyridine rings is 1. The molecule has 23 heavy (non-hydrogen) atoms. The number of methoxy groups -OCH3 is 1. The molecule has 0 fully saturated rings. The minimum absolute atomic E-state index is 0.310. The second-order valence-electron chi connectivity index (χ2n) is 5.08. The average molecular weight is 327 g/mol. The second-order valence-corrected chi connectivity index (χ2v) is 5.52. The Labute approximate surface area is 139 Å². The first kappa shape index (κ1) is 15.3. The zero-order valence-electron chi connectivity index (χ0n) is 12.9. The third-order valence-corrected chi connectivity index (χ3v) is 3.77. The Morgan fingerprint density at radius 3 is 2.70 bits per heavy atom. The SMILES string of the molecule is CCc1ccc(Oc2cc(OC)c3[nH]c(C(N)=S)cc3c2)cn1. The predicted octanol–water partition coefficient (Wildman–Crippen LogP) is 3.56. The number of benzene rings is 1. The molecule has 0 spiro atoms. The Bertz CT molecular complexity index is 856. The molecule has 5 nitrogen and oxygen atoms in total. The predicted molar refractivity (Wildman–Crippen MR) is 94.4 cm³/mol. The molecule has 0 radical (unpaired) electrons. The maximum absolute atomic E-state index is 5.88. The van der Waals surface area contributed by atoms with E-state index in [1.807, 2.05) is 30.3 Å². The normalized spacial score (nSPS) is 10.7. The highest BCUT2D eigenvalue weighted by atomic mass is 32.1. The van der Waals surface area contributed by atoms with Crippen molar-refractivity contribution in [3.05, 3.63) is 47.9 Å². The molecule has 3 aromatic rings. The van der Waals surface area contributed by atoms with Crippen LogP contribution in [0.4, 0.5) is 0 Å². The van der Waals surface area contributed by atoms with Gasteiger partial charge in [-0.1, -0.05) is 19.1 Å². The Kier molecular flexibility index (Phi) is 4.16. The third kappa shape index (κ3) is 3.12. The van der Waals surface area contributed by atoms with Crippen LogP contribution in [0, 0.1) is 0 Å². The molecule has 2 aromatic heterocycles. The summed E-state index contributed by atoms with van der Waals surface area (Å²) in [5.41, 5.74) is 8.23. The lowest BCUT2D eigenvalue weighted by molar-refractivity contribution is 0.413. The van der Waals surface area contributed by atoms with Crippen LogP contribution in [-0.4, -0.2) is 22.1 Å². The first-order valence-corrected chi connectivity index (χ1v) is 7.65. The molecule has 0 saturated heterocycles. The molecular weight excluding hydrogens is 310 g/mol. The van der Waals surface area contributed by atoms with Crippen molar-refractivity contribution in [1.29, 1.82) is 0 Å². The standard InChI is InChI=1S/C17H17N3O2S/c1-3-11-4-5-12(9-19-11)22-13-6-10-7-14(17(18)23)20-16(10)15(8-13)21-2/h4-9,20H,3H2,1-2H3,(H2,18,23). The van der Waals surface area contributed by atoms with E-state index in [0.717, 1.165) is 23.0 Å². The average Bonchev–Trinajstić information content (AvgIpc) is 2.99. The van der Waals surface area contributed by atoms with E-state index in [1.54, 1.807) is 13.3 Å². The summed E-state index contributed by atoms with van der Waals surface area (Å²) in [4.78, 5) is 7.80. The highest BCUT2D eigenvalue weighted by molar-refractivity contribution is 7.80. The maximum atomic E-state index is 5.88. The lowest BCUT2D eigenvalue weighted by Crippen LogP contribution is -2.09. The molecule has 0 aliphatic rings. The molecule has 118 valence electrons. The van der Waals surface area contributed by atoms with Crippen LogP contribution in [0.3, 0.4) is 0 Å². The van der Waals surface area contributed by atoms with Gasteiger partial charge < -0.3 is 20.2 Å². The highest BCUT2D eigenvalue weighted by Gasteiger charge is 2.11. The van der Waals surface area contributed by atoms with Crippen LogP contribution >= 0.6 is 12.2 Å². The number of thiocarbonyl (C=S) groups is 1. The lowest BCUT2D eigenvalue weighted by atomic mass is 10.2. The molecule has 0 bridgehead atoms. The summed E-state index contributed by atoms with van der Waals surface area (Å²) in [6.07, 6.45) is 2.61. The maximum Gasteiger partial charge on any atom is 0.146 e. The number of hydrogen-bond donors (Lipinski definition) is 2. The van der Waals surface area contributed by atoms with Gasteiger partial charge in [0.25, 0.3) is 0 Å². The van der Waals surface area contributed by atoms with Crippen molar-refractivity contribution in [2.24, 2.45) is 5.73 Å². The van der Waals surface area contributed by atoms with E-state index >= 15 is 0 Å². The topological polar surface area (TPSA) is 73.2 Å². The van der Waals surface area contributed by atoms with E-state index in [4.69, 9.17) is 27.4 Å². The summed E-state index contributed by atoms with van der Waals surface area (Å²) >= 11 is 5.01. The zero-order chi connectivity index (χ0) is 16.4. The number of rotatable bonds is 5. The van der Waals surface area contributed by atoms with E-state index < -0.39 is 0 Å². The van der Waals surface area contributed by atoms with Gasteiger partial charge in [0.2, 0.25) is 0 Å². The largest absolute Gasteiger partial charge is 0.494 e. The summed E-state index contributed by atoms with van der Waals surface area (Å²) < 4.78 is 11.3. The number of nitrogens with zero attached hydrogens (tertiary/aromatic N) is 1. The highest BCUT2D eigenvalue weighted by Crippen LogP contribution is 2.33. The van der Waals surface area contributed by atoms with Crippen LogP contribution in [0.15, 0.2) is 36.5 Å². The fraction of sp³-hybridized carbons (Fsp3) is 0.176. The van der Waals surface area contributed by atoms with Crippen LogP contribution in [0.25, 0.3) is 10.9 Å². The van der Waals surface area contributed by atoms with Gasteiger partial charge >= 0.3 is 0 Å². The fourth-order valence-corrected chi connectivity index (χ4v) is 2.46. The van der Waals surface area contributed by atoms with Crippen molar-refractivity contribution in [2.75, 3.05) is 7.11 Å². The van der Waals surface area contributed by atoms with Gasteiger partial charge in [0.15, 0.2) is 0 Å². The summed E-state index contributed by atoms with van der Waals surface area (Å²) in [6.45, 7) is 2.06. The van der Waals surface area contributed by atoms with Crippen LogP contribution < -0.4 is 15.2 Å². The molecule has 3 rings (SSSR count). The van der Waals surface area contributed by atoms with Gasteiger partial charge in [-0.05, 0) is 30.7 Å². The molecular formula is C17H17N3O2S. The monoisotopic (exact) mass is 327 g/mol. The quantitative estimate of drug-likeness (QED) is 0.701. The summed E-state index contributed by atoms with van der Waals surface area (Å²) in [7, 11) is 1.61. The Morgan fingerprint density at radius 2 is 2.09 bits per heavy atom. The van der Waals surface area contributed by atoms with E-state index in [9.17, 15) is 0 Å². The van der Waals surface area contributed by atoms with Gasteiger partial charge in [0, 0.05) is 17.1 Å². The van der Waals surface area contributed by atoms with Gasteiger partial charge in [0.1, 0.15) is 22.2 Å². The van der Waals surface area contributed by atoms with E-state index in [2.05, 4.69) is 16.9 Å². The number of aromatic amines is 1. The van der Waals surface area contributed by atoms with Crippen molar-refractivity contribution < 1.29 is 9.47 Å². The van der Waals surface area contributed by atoms with Crippen molar-refractivity contribution in [2.45, 2.75) is 13.3 Å². The Morgan fingerprint density at radius 1 is 1.26 bits per heavy atom. The van der Waals surface area contributed by atoms with Gasteiger partial charge in [-0.25, -0.2) is 0 Å². The van der Waals surface area contributed by atoms with Crippen molar-refractivity contribution in [3.63, 3.8) is 0 Å². The molecule has 0 atom stereocenters. The lowest BCUT2D eigenvalue weighted by Gasteiger charge is -2.09. The van der Waals surface area contributed by atoms with E-state index in [0.29, 0.717) is 27.9 Å². The Hall–Kier alpha value is -2.60. The van der Waals surface area contributed by atoms with Gasteiger partial charge in [-0.3, -0.25) is 4.98 Å². The molecule has 1 aromatic carbocycles. The minimum Gasteiger partial charge on any atom is -0.494 e. The van der Waals surface area contributed by atoms with E-state index in [1.165, 1.54) is 0 Å². The van der Waals surface area contributed by atoms with Gasteiger partial charge in [0.05, 0.1) is 24.5 Å². The molecule has 3 N–H and O–H groups in total. The number of fused-ring (bicyclic) bond motifs is 1. The van der Waals surface area contributed by atoms with Crippen LogP contribution in [-0.2, 0) is 6.42 Å². The van der Waals surface area contributed by atoms with Crippen LogP contribution in [0.1, 0.15) is 18.3 Å². The zero-order valence-corrected chi connectivity index (χ0v) is 13.7. The van der Waals surface area contributed by atoms with Crippen molar-refractivity contribution in [1.82, 2.24) is 9.97 Å². The van der Waals surface area contributed by atoms with E-state index in [-0.39, 0.29) is 0 Å². The first-order chi connectivity index (χ1) is 11.1. The molecule has 0 unspecified atom stereocenters. The van der Waals surface area contributed by atoms with Crippen molar-refractivity contribution in [3.8, 4) is 17.2 Å². The van der Waals surface area contributed by atoms with Crippen molar-refractivity contribution >= 4 is 28.1 Å². The van der Waals surface area contributed by atoms with Gasteiger partial charge in [-0.15, -0.1) is 0 Å². The molecule has 0 saturated carbocycles. The molecule has 0 aliphatic carbocycles. The Balaban J connectivity index is 1.98. The summed E-state index contributed by atoms with van der Waals surface area (Å²) in [5, 5.41) is 0.917. The van der Waals surface area contributed by atoms with Crippen LogP contribution in [0.5, 0.6) is 17.2 Å². The number of aryl methyl sites for hydroxylation is 1. The third-order valence-electron chi connectivity index (χ3n) is 3.55. The molecule has 6 heteroatoms. The van der Waals surface area contributed by atoms with Gasteiger partial charge in [-0.2, -0.15) is 0 Å². The number of nitrogens with two attached hydrogens (primary N) is 1. The minimum atomic E-state index is 0.310. The second kappa shape index (κ2) is 6.26. The number of hydrogen-bond acceptors (Lipinski definition) is 4. The summed E-state index contributed by atoms with van der Waals surface area (Å²) in [5.74, 6) is 2.00. The first-order valence-electron chi connectivity index (χ1n) is 7.24. The van der Waals surface area contributed by atoms with Crippen LogP contribution in [0.2, 0.25) is 0 Å². The number of ether oxygens (including phenoxy) is 2. The number of aromatic nitrogens is 2.